The monoisotopic (exact) mass is 473 g/mol. The fourth-order valence-electron chi connectivity index (χ4n) is 3.68. The Hall–Kier alpha value is -4.66. The van der Waals surface area contributed by atoms with Crippen molar-refractivity contribution in [1.29, 1.82) is 0 Å². The molecule has 2 aromatic carbocycles. The van der Waals surface area contributed by atoms with Crippen molar-refractivity contribution in [2.45, 2.75) is 6.18 Å². The molecule has 2 amide bonds. The molecule has 6 nitrogen and oxygen atoms in total. The lowest BCUT2D eigenvalue weighted by Gasteiger charge is -2.10. The molecule has 0 saturated carbocycles. The van der Waals surface area contributed by atoms with Crippen LogP contribution in [0.25, 0.3) is 28.0 Å². The Morgan fingerprint density at radius 3 is 2.03 bits per heavy atom. The number of imidazole rings is 1. The lowest BCUT2D eigenvalue weighted by molar-refractivity contribution is -0.137. The summed E-state index contributed by atoms with van der Waals surface area (Å²) in [5, 5.41) is 5.19. The van der Waals surface area contributed by atoms with Gasteiger partial charge in [0.2, 0.25) is 0 Å². The Bertz CT molecular complexity index is 1480. The number of amides is 2. The fraction of sp³-hybridized carbons (Fsp3) is 0.0385. The molecule has 3 aromatic heterocycles. The second kappa shape index (κ2) is 8.94. The van der Waals surface area contributed by atoms with Crippen LogP contribution in [-0.2, 0) is 6.18 Å². The smallest absolute Gasteiger partial charge is 0.308 e. The number of aromatic nitrogens is 3. The minimum absolute atomic E-state index is 0.254. The average molecular weight is 473 g/mol. The molecule has 0 aliphatic rings. The highest BCUT2D eigenvalue weighted by atomic mass is 19.4. The van der Waals surface area contributed by atoms with Gasteiger partial charge in [-0.05, 0) is 71.8 Å². The first-order valence-corrected chi connectivity index (χ1v) is 10.6. The third-order valence-corrected chi connectivity index (χ3v) is 5.44. The van der Waals surface area contributed by atoms with Gasteiger partial charge in [-0.3, -0.25) is 9.38 Å². The van der Waals surface area contributed by atoms with Gasteiger partial charge in [0.25, 0.3) is 0 Å². The zero-order chi connectivity index (χ0) is 24.4. The van der Waals surface area contributed by atoms with Crippen molar-refractivity contribution >= 4 is 23.1 Å². The summed E-state index contributed by atoms with van der Waals surface area (Å²) in [6.07, 6.45) is 2.81. The average Bonchev–Trinajstić information content (AvgIpc) is 3.28. The summed E-state index contributed by atoms with van der Waals surface area (Å²) in [4.78, 5) is 20.8. The molecule has 0 spiro atoms. The van der Waals surface area contributed by atoms with E-state index in [1.54, 1.807) is 30.7 Å². The van der Waals surface area contributed by atoms with Crippen LogP contribution >= 0.6 is 0 Å². The first kappa shape index (κ1) is 22.1. The van der Waals surface area contributed by atoms with Crippen LogP contribution in [0.15, 0.2) is 97.6 Å². The van der Waals surface area contributed by atoms with Gasteiger partial charge in [-0.25, -0.2) is 9.78 Å². The Balaban J connectivity index is 1.27. The van der Waals surface area contributed by atoms with Gasteiger partial charge in [0, 0.05) is 35.5 Å². The van der Waals surface area contributed by atoms with Crippen molar-refractivity contribution in [2.75, 3.05) is 10.6 Å². The first-order valence-electron chi connectivity index (χ1n) is 10.6. The first-order chi connectivity index (χ1) is 16.9. The molecule has 0 atom stereocenters. The van der Waals surface area contributed by atoms with Crippen LogP contribution in [0.5, 0.6) is 0 Å². The van der Waals surface area contributed by atoms with E-state index in [-0.39, 0.29) is 5.69 Å². The van der Waals surface area contributed by atoms with Crippen LogP contribution in [0.1, 0.15) is 5.56 Å². The molecule has 0 radical (unpaired) electrons. The molecule has 35 heavy (non-hydrogen) atoms. The van der Waals surface area contributed by atoms with Crippen LogP contribution in [0.4, 0.5) is 29.3 Å². The summed E-state index contributed by atoms with van der Waals surface area (Å²) in [7, 11) is 0. The lowest BCUT2D eigenvalue weighted by Crippen LogP contribution is -2.19. The third kappa shape index (κ3) is 4.84. The quantitative estimate of drug-likeness (QED) is 0.304. The summed E-state index contributed by atoms with van der Waals surface area (Å²) in [6, 6.07) is 18.8. The van der Waals surface area contributed by atoms with Crippen molar-refractivity contribution in [3.8, 4) is 22.4 Å². The Kier molecular flexibility index (Phi) is 5.66. The fourth-order valence-corrected chi connectivity index (χ4v) is 3.68. The second-order valence-corrected chi connectivity index (χ2v) is 7.75. The van der Waals surface area contributed by atoms with Crippen molar-refractivity contribution in [2.24, 2.45) is 0 Å². The van der Waals surface area contributed by atoms with E-state index in [1.807, 2.05) is 47.0 Å². The van der Waals surface area contributed by atoms with Crippen molar-refractivity contribution in [3.05, 3.63) is 103 Å². The number of nitrogens with zero attached hydrogens (tertiary/aromatic N) is 3. The van der Waals surface area contributed by atoms with E-state index in [1.165, 1.54) is 12.1 Å². The largest absolute Gasteiger partial charge is 0.416 e. The van der Waals surface area contributed by atoms with Crippen molar-refractivity contribution < 1.29 is 18.0 Å². The van der Waals surface area contributed by atoms with E-state index in [9.17, 15) is 18.0 Å². The predicted molar refractivity (Wildman–Crippen MR) is 128 cm³/mol. The zero-order valence-corrected chi connectivity index (χ0v) is 18.1. The Morgan fingerprint density at radius 1 is 0.771 bits per heavy atom. The van der Waals surface area contributed by atoms with E-state index in [2.05, 4.69) is 20.6 Å². The van der Waals surface area contributed by atoms with Gasteiger partial charge in [0.05, 0.1) is 17.5 Å². The Morgan fingerprint density at radius 2 is 1.40 bits per heavy atom. The van der Waals surface area contributed by atoms with Crippen LogP contribution in [-0.4, -0.2) is 20.4 Å². The molecule has 5 rings (SSSR count). The summed E-state index contributed by atoms with van der Waals surface area (Å²) < 4.78 is 40.0. The van der Waals surface area contributed by atoms with Gasteiger partial charge in [-0.1, -0.05) is 12.1 Å². The maximum atomic E-state index is 12.7. The van der Waals surface area contributed by atoms with Crippen LogP contribution < -0.4 is 10.6 Å². The van der Waals surface area contributed by atoms with E-state index >= 15 is 0 Å². The molecule has 5 aromatic rings. The predicted octanol–water partition coefficient (Wildman–Crippen LogP) is 6.73. The number of carbonyl (C=O) groups is 1. The summed E-state index contributed by atoms with van der Waals surface area (Å²) in [5.74, 6) is 0. The molecular weight excluding hydrogens is 455 g/mol. The molecule has 0 saturated heterocycles. The molecule has 0 unspecified atom stereocenters. The highest BCUT2D eigenvalue weighted by molar-refractivity contribution is 5.99. The number of carbonyl (C=O) groups excluding carboxylic acids is 1. The molecule has 0 fully saturated rings. The van der Waals surface area contributed by atoms with E-state index in [0.29, 0.717) is 5.69 Å². The van der Waals surface area contributed by atoms with Gasteiger partial charge in [0.1, 0.15) is 5.65 Å². The van der Waals surface area contributed by atoms with Gasteiger partial charge in [-0.15, -0.1) is 0 Å². The number of alkyl halides is 3. The Labute approximate surface area is 198 Å². The highest BCUT2D eigenvalue weighted by Crippen LogP contribution is 2.30. The molecule has 9 heteroatoms. The maximum absolute atomic E-state index is 12.7. The molecular formula is C26H18F3N5O. The van der Waals surface area contributed by atoms with E-state index in [0.717, 1.165) is 40.2 Å². The summed E-state index contributed by atoms with van der Waals surface area (Å²) in [6.45, 7) is 0. The number of benzene rings is 2. The minimum atomic E-state index is -4.43. The summed E-state index contributed by atoms with van der Waals surface area (Å²) >= 11 is 0. The van der Waals surface area contributed by atoms with Gasteiger partial charge in [-0.2, -0.15) is 13.2 Å². The number of nitrogens with one attached hydrogen (secondary N) is 2. The number of hydrogen-bond donors (Lipinski definition) is 2. The zero-order valence-electron chi connectivity index (χ0n) is 18.1. The number of pyridine rings is 2. The second-order valence-electron chi connectivity index (χ2n) is 7.75. The standard InChI is InChI=1S/C26H18F3N5O/c27-26(28,29)20-3-7-22(8-4-20)33-25(35)32-21-5-1-18(2-6-21)23-16-31-24-15-19(11-14-34(23)24)17-9-12-30-13-10-17/h1-16H,(H2,32,33,35). The van der Waals surface area contributed by atoms with Gasteiger partial charge < -0.3 is 10.6 Å². The molecule has 0 bridgehead atoms. The van der Waals surface area contributed by atoms with E-state index < -0.39 is 17.8 Å². The number of hydrogen-bond acceptors (Lipinski definition) is 3. The van der Waals surface area contributed by atoms with Crippen molar-refractivity contribution in [1.82, 2.24) is 14.4 Å². The molecule has 174 valence electrons. The van der Waals surface area contributed by atoms with Crippen molar-refractivity contribution in [3.63, 3.8) is 0 Å². The molecule has 0 aliphatic carbocycles. The number of anilines is 2. The maximum Gasteiger partial charge on any atom is 0.416 e. The molecule has 3 heterocycles. The van der Waals surface area contributed by atoms with Crippen LogP contribution in [0.2, 0.25) is 0 Å². The normalized spacial score (nSPS) is 11.4. The number of halogens is 3. The minimum Gasteiger partial charge on any atom is -0.308 e. The number of urea groups is 1. The van der Waals surface area contributed by atoms with Gasteiger partial charge in [0.15, 0.2) is 0 Å². The van der Waals surface area contributed by atoms with Crippen LogP contribution in [0.3, 0.4) is 0 Å². The molecule has 0 aliphatic heterocycles. The number of rotatable bonds is 4. The number of fused-ring (bicyclic) bond motifs is 1. The van der Waals surface area contributed by atoms with Crippen LogP contribution in [0, 0.1) is 0 Å². The highest BCUT2D eigenvalue weighted by Gasteiger charge is 2.30. The molecule has 2 N–H and O–H groups in total. The lowest BCUT2D eigenvalue weighted by atomic mass is 10.1. The summed E-state index contributed by atoms with van der Waals surface area (Å²) in [5.41, 5.74) is 4.70. The third-order valence-electron chi connectivity index (χ3n) is 5.44. The topological polar surface area (TPSA) is 71.3 Å². The van der Waals surface area contributed by atoms with Gasteiger partial charge >= 0.3 is 12.2 Å². The SMILES string of the molecule is O=C(Nc1ccc(-c2cnc3cc(-c4ccncc4)ccn23)cc1)Nc1ccc(C(F)(F)F)cc1. The van der Waals surface area contributed by atoms with E-state index in [4.69, 9.17) is 0 Å².